The van der Waals surface area contributed by atoms with Gasteiger partial charge < -0.3 is 5.32 Å². The van der Waals surface area contributed by atoms with Crippen LogP contribution in [0, 0.1) is 13.8 Å². The summed E-state index contributed by atoms with van der Waals surface area (Å²) in [5.74, 6) is -0.323. The van der Waals surface area contributed by atoms with Gasteiger partial charge in [0.25, 0.3) is 0 Å². The molecule has 0 aliphatic rings. The largest absolute Gasteiger partial charge is 0.325 e. The number of amides is 1. The predicted octanol–water partition coefficient (Wildman–Crippen LogP) is 3.21. The van der Waals surface area contributed by atoms with Gasteiger partial charge in [-0.1, -0.05) is 47.5 Å². The topological polar surface area (TPSA) is 63.2 Å². The van der Waals surface area contributed by atoms with E-state index in [0.717, 1.165) is 16.5 Å². The Bertz CT molecular complexity index is 833. The zero-order valence-corrected chi connectivity index (χ0v) is 14.1. The smallest absolute Gasteiger partial charge is 0.221 e. The first-order chi connectivity index (χ1) is 10.8. The number of nitrogens with one attached hydrogen (secondary N) is 1. The number of carbonyl (C=O) groups excluding carboxylic acids is 1. The molecule has 0 radical (unpaired) electrons. The average molecular weight is 329 g/mol. The lowest BCUT2D eigenvalue weighted by Gasteiger charge is -2.10. The maximum Gasteiger partial charge on any atom is 0.221 e. The predicted molar refractivity (Wildman–Crippen MR) is 91.3 cm³/mol. The number of benzene rings is 2. The van der Waals surface area contributed by atoms with Gasteiger partial charge in [-0.3, -0.25) is 4.79 Å². The molecule has 0 aliphatic carbocycles. The monoisotopic (exact) mass is 329 g/mol. The molecule has 4 nitrogen and oxygen atoms in total. The van der Waals surface area contributed by atoms with Crippen LogP contribution in [0.2, 0.25) is 0 Å². The second-order valence-electron chi connectivity index (χ2n) is 5.44. The van der Waals surface area contributed by atoms with Gasteiger partial charge in [0.1, 0.15) is 0 Å². The van der Waals surface area contributed by atoms with Gasteiger partial charge in [-0.2, -0.15) is 0 Å². The van der Waals surface area contributed by atoms with E-state index in [9.17, 15) is 13.2 Å². The zero-order valence-electron chi connectivity index (χ0n) is 13.3. The minimum atomic E-state index is -3.66. The molecule has 0 unspecified atom stereocenters. The maximum absolute atomic E-state index is 12.5. The summed E-state index contributed by atoms with van der Waals surface area (Å²) < 4.78 is 25.1. The van der Waals surface area contributed by atoms with E-state index < -0.39 is 9.84 Å². The Hall–Kier alpha value is -2.40. The van der Waals surface area contributed by atoms with Crippen molar-refractivity contribution in [3.05, 3.63) is 70.6 Å². The molecule has 0 saturated heterocycles. The Labute approximate surface area is 136 Å². The molecule has 0 bridgehead atoms. The van der Waals surface area contributed by atoms with Crippen molar-refractivity contribution in [2.75, 3.05) is 0 Å². The Morgan fingerprint density at radius 2 is 1.39 bits per heavy atom. The molecule has 0 fully saturated rings. The molecule has 5 heteroatoms. The zero-order chi connectivity index (χ0) is 17.0. The van der Waals surface area contributed by atoms with Crippen LogP contribution in [0.1, 0.15) is 23.6 Å². The van der Waals surface area contributed by atoms with Crippen molar-refractivity contribution in [2.45, 2.75) is 25.7 Å². The number of hydrogen-bond acceptors (Lipinski definition) is 3. The molecule has 0 spiro atoms. The molecule has 0 aliphatic heterocycles. The van der Waals surface area contributed by atoms with Crippen molar-refractivity contribution >= 4 is 21.4 Å². The van der Waals surface area contributed by atoms with E-state index in [1.807, 2.05) is 26.0 Å². The van der Waals surface area contributed by atoms with Gasteiger partial charge in [-0.25, -0.2) is 8.42 Å². The number of aryl methyl sites for hydroxylation is 2. The molecule has 0 aromatic heterocycles. The molecule has 120 valence electrons. The molecule has 1 N–H and O–H groups in total. The Morgan fingerprint density at radius 3 is 1.87 bits per heavy atom. The maximum atomic E-state index is 12.5. The standard InChI is InChI=1S/C18H19NO3S/c1-13-4-8-16(9-5-13)18(19-15(3)20)12-23(21,22)17-10-6-14(2)7-11-17/h4-12H,1-3H3,(H,19,20)/b18-12+. The third kappa shape index (κ3) is 4.53. The van der Waals surface area contributed by atoms with Crippen molar-refractivity contribution in [3.8, 4) is 0 Å². The van der Waals surface area contributed by atoms with Crippen LogP contribution in [0.5, 0.6) is 0 Å². The number of hydrogen-bond donors (Lipinski definition) is 1. The summed E-state index contributed by atoms with van der Waals surface area (Å²) in [6.07, 6.45) is 0. The Kier molecular flexibility index (Phi) is 5.01. The van der Waals surface area contributed by atoms with E-state index in [1.54, 1.807) is 36.4 Å². The normalized spacial score (nSPS) is 12.0. The lowest BCUT2D eigenvalue weighted by atomic mass is 10.1. The van der Waals surface area contributed by atoms with Crippen LogP contribution < -0.4 is 5.32 Å². The summed E-state index contributed by atoms with van der Waals surface area (Å²) in [5.41, 5.74) is 2.94. The van der Waals surface area contributed by atoms with Gasteiger partial charge in [0, 0.05) is 6.92 Å². The molecule has 2 aromatic rings. The molecule has 0 atom stereocenters. The second-order valence-corrected chi connectivity index (χ2v) is 7.23. The van der Waals surface area contributed by atoms with E-state index in [1.165, 1.54) is 6.92 Å². The van der Waals surface area contributed by atoms with Gasteiger partial charge in [0.05, 0.1) is 16.0 Å². The summed E-state index contributed by atoms with van der Waals surface area (Å²) >= 11 is 0. The van der Waals surface area contributed by atoms with Gasteiger partial charge >= 0.3 is 0 Å². The first kappa shape index (κ1) is 17.0. The molecule has 23 heavy (non-hydrogen) atoms. The lowest BCUT2D eigenvalue weighted by Crippen LogP contribution is -2.19. The van der Waals surface area contributed by atoms with E-state index in [0.29, 0.717) is 5.56 Å². The van der Waals surface area contributed by atoms with Crippen LogP contribution >= 0.6 is 0 Å². The van der Waals surface area contributed by atoms with Gasteiger partial charge in [0.15, 0.2) is 0 Å². The molecule has 1 amide bonds. The fraction of sp³-hybridized carbons (Fsp3) is 0.167. The van der Waals surface area contributed by atoms with Crippen LogP contribution in [0.15, 0.2) is 58.8 Å². The lowest BCUT2D eigenvalue weighted by molar-refractivity contribution is -0.117. The van der Waals surface area contributed by atoms with E-state index in [-0.39, 0.29) is 16.5 Å². The van der Waals surface area contributed by atoms with Crippen LogP contribution in [-0.4, -0.2) is 14.3 Å². The molecule has 2 aromatic carbocycles. The molecule has 0 heterocycles. The van der Waals surface area contributed by atoms with E-state index >= 15 is 0 Å². The highest BCUT2D eigenvalue weighted by molar-refractivity contribution is 7.94. The van der Waals surface area contributed by atoms with Crippen LogP contribution in [-0.2, 0) is 14.6 Å². The minimum absolute atomic E-state index is 0.193. The van der Waals surface area contributed by atoms with Crippen molar-refractivity contribution in [1.29, 1.82) is 0 Å². The summed E-state index contributed by atoms with van der Waals surface area (Å²) in [7, 11) is -3.66. The number of carbonyl (C=O) groups is 1. The SMILES string of the molecule is CC(=O)N/C(=C/S(=O)(=O)c1ccc(C)cc1)c1ccc(C)cc1. The van der Waals surface area contributed by atoms with Gasteiger partial charge in [0.2, 0.25) is 15.7 Å². The average Bonchev–Trinajstić information content (AvgIpc) is 2.47. The van der Waals surface area contributed by atoms with Gasteiger partial charge in [-0.15, -0.1) is 0 Å². The van der Waals surface area contributed by atoms with Crippen LogP contribution in [0.3, 0.4) is 0 Å². The molecule has 2 rings (SSSR count). The Morgan fingerprint density at radius 1 is 0.913 bits per heavy atom. The highest BCUT2D eigenvalue weighted by Gasteiger charge is 2.14. The number of rotatable bonds is 4. The summed E-state index contributed by atoms with van der Waals surface area (Å²) in [4.78, 5) is 11.6. The van der Waals surface area contributed by atoms with E-state index in [4.69, 9.17) is 0 Å². The number of sulfone groups is 1. The van der Waals surface area contributed by atoms with Gasteiger partial charge in [-0.05, 0) is 31.5 Å². The first-order valence-electron chi connectivity index (χ1n) is 7.16. The highest BCUT2D eigenvalue weighted by Crippen LogP contribution is 2.19. The fourth-order valence-electron chi connectivity index (χ4n) is 2.04. The highest BCUT2D eigenvalue weighted by atomic mass is 32.2. The third-order valence-electron chi connectivity index (χ3n) is 3.30. The Balaban J connectivity index is 2.49. The molecule has 0 saturated carbocycles. The van der Waals surface area contributed by atoms with Crippen molar-refractivity contribution in [3.63, 3.8) is 0 Å². The van der Waals surface area contributed by atoms with Crippen molar-refractivity contribution < 1.29 is 13.2 Å². The summed E-state index contributed by atoms with van der Waals surface area (Å²) in [5, 5.41) is 3.70. The fourth-order valence-corrected chi connectivity index (χ4v) is 3.20. The summed E-state index contributed by atoms with van der Waals surface area (Å²) in [6.45, 7) is 5.18. The van der Waals surface area contributed by atoms with Crippen molar-refractivity contribution in [2.24, 2.45) is 0 Å². The minimum Gasteiger partial charge on any atom is -0.325 e. The summed E-state index contributed by atoms with van der Waals surface area (Å²) in [6, 6.07) is 13.9. The van der Waals surface area contributed by atoms with Crippen molar-refractivity contribution in [1.82, 2.24) is 5.32 Å². The second kappa shape index (κ2) is 6.79. The molecular weight excluding hydrogens is 310 g/mol. The molecular formula is C18H19NO3S. The van der Waals surface area contributed by atoms with Crippen LogP contribution in [0.4, 0.5) is 0 Å². The first-order valence-corrected chi connectivity index (χ1v) is 8.71. The quantitative estimate of drug-likeness (QED) is 0.937. The van der Waals surface area contributed by atoms with E-state index in [2.05, 4.69) is 5.32 Å². The van der Waals surface area contributed by atoms with Crippen LogP contribution in [0.25, 0.3) is 5.70 Å². The third-order valence-corrected chi connectivity index (χ3v) is 4.77.